The van der Waals surface area contributed by atoms with E-state index in [9.17, 15) is 4.79 Å². The lowest BCUT2D eigenvalue weighted by molar-refractivity contribution is -0.151. The second-order valence-corrected chi connectivity index (χ2v) is 17.8. The number of ether oxygens (including phenoxy) is 1. The lowest BCUT2D eigenvalue weighted by atomic mass is 9.47. The first kappa shape index (κ1) is 39.3. The van der Waals surface area contributed by atoms with Gasteiger partial charge in [0.05, 0.1) is 0 Å². The third-order valence-corrected chi connectivity index (χ3v) is 14.6. The summed E-state index contributed by atoms with van der Waals surface area (Å²) >= 11 is 0. The van der Waals surface area contributed by atoms with Gasteiger partial charge in [-0.05, 0) is 123 Å². The van der Waals surface area contributed by atoms with Gasteiger partial charge in [-0.1, -0.05) is 111 Å². The molecule has 0 aromatic rings. The van der Waals surface area contributed by atoms with Crippen LogP contribution in [-0.2, 0) is 9.53 Å². The topological polar surface area (TPSA) is 26.3 Å². The molecule has 4 rings (SSSR count). The van der Waals surface area contributed by atoms with Gasteiger partial charge >= 0.3 is 5.97 Å². The van der Waals surface area contributed by atoms with E-state index in [2.05, 4.69) is 66.0 Å². The zero-order chi connectivity index (χ0) is 34.6. The molecule has 0 aromatic heterocycles. The minimum absolute atomic E-state index is 0.0466. The highest BCUT2D eigenvalue weighted by atomic mass is 16.5. The molecule has 0 saturated heterocycles. The highest BCUT2D eigenvalue weighted by Gasteiger charge is 2.59. The standard InChI is InChI=1S/C46H76O2/c1-8-10-11-12-13-14-15-16-17-18-19-20-21-22-23-44(47)48-39-30-32-45(6)38(34-39)26-27-40-42-29-28-41(46(42,7)33-31-43(40)45)36(5)24-25-37(9-2)35(3)4/h8,26,35-37,39-43H,1,9-11,14-25,27-34H2,2-7H3. The van der Waals surface area contributed by atoms with Crippen molar-refractivity contribution in [3.63, 3.8) is 0 Å². The highest BCUT2D eigenvalue weighted by molar-refractivity contribution is 5.69. The Bertz CT molecular complexity index is 1090. The van der Waals surface area contributed by atoms with Crippen LogP contribution in [-0.4, -0.2) is 12.1 Å². The quantitative estimate of drug-likeness (QED) is 0.0596. The molecule has 48 heavy (non-hydrogen) atoms. The average molecular weight is 661 g/mol. The Morgan fingerprint density at radius 2 is 1.62 bits per heavy atom. The Kier molecular flexibility index (Phi) is 15.7. The molecule has 0 spiro atoms. The van der Waals surface area contributed by atoms with Gasteiger partial charge in [0.25, 0.3) is 0 Å². The van der Waals surface area contributed by atoms with Crippen LogP contribution in [0.1, 0.15) is 189 Å². The van der Waals surface area contributed by atoms with E-state index < -0.39 is 0 Å². The fourth-order valence-corrected chi connectivity index (χ4v) is 11.5. The van der Waals surface area contributed by atoms with Crippen LogP contribution in [0.15, 0.2) is 24.3 Å². The van der Waals surface area contributed by atoms with Crippen LogP contribution in [0.4, 0.5) is 0 Å². The highest BCUT2D eigenvalue weighted by Crippen LogP contribution is 2.67. The summed E-state index contributed by atoms with van der Waals surface area (Å²) in [6.45, 7) is 18.9. The Morgan fingerprint density at radius 3 is 2.33 bits per heavy atom. The predicted molar refractivity (Wildman–Crippen MR) is 205 cm³/mol. The van der Waals surface area contributed by atoms with Crippen LogP contribution in [0.25, 0.3) is 0 Å². The van der Waals surface area contributed by atoms with Crippen LogP contribution in [0, 0.1) is 64.1 Å². The van der Waals surface area contributed by atoms with Crippen molar-refractivity contribution < 1.29 is 9.53 Å². The number of carbonyl (C=O) groups is 1. The van der Waals surface area contributed by atoms with E-state index in [4.69, 9.17) is 4.74 Å². The number of hydrogen-bond donors (Lipinski definition) is 0. The number of rotatable bonds is 19. The molecular formula is C46H76O2. The monoisotopic (exact) mass is 661 g/mol. The minimum Gasteiger partial charge on any atom is -0.462 e. The smallest absolute Gasteiger partial charge is 0.306 e. The number of esters is 1. The van der Waals surface area contributed by atoms with Crippen LogP contribution in [0.3, 0.4) is 0 Å². The Hall–Kier alpha value is -1.49. The summed E-state index contributed by atoms with van der Waals surface area (Å²) < 4.78 is 6.13. The van der Waals surface area contributed by atoms with E-state index in [1.807, 2.05) is 6.08 Å². The summed E-state index contributed by atoms with van der Waals surface area (Å²) in [6.07, 6.45) is 32.5. The van der Waals surface area contributed by atoms with Gasteiger partial charge in [0, 0.05) is 25.7 Å². The molecule has 0 aliphatic heterocycles. The SMILES string of the molecule is C=CCCC#CCCCCCCCCCCC(=O)OC1CCC2(C)C(=CCC3C2CCC2(C)C(C(C)CCC(CC)C(C)C)CCC32)C1. The predicted octanol–water partition coefficient (Wildman–Crippen LogP) is 13.4. The maximum atomic E-state index is 12.8. The molecule has 4 aliphatic carbocycles. The number of carbonyl (C=O) groups excluding carboxylic acids is 1. The van der Waals surface area contributed by atoms with Gasteiger partial charge < -0.3 is 4.74 Å². The molecule has 0 bridgehead atoms. The summed E-state index contributed by atoms with van der Waals surface area (Å²) in [5, 5.41) is 0. The summed E-state index contributed by atoms with van der Waals surface area (Å²) in [5.74, 6) is 12.6. The molecule has 4 aliphatic rings. The number of unbranched alkanes of at least 4 members (excludes halogenated alkanes) is 9. The van der Waals surface area contributed by atoms with Crippen molar-refractivity contribution >= 4 is 5.97 Å². The van der Waals surface area contributed by atoms with Crippen molar-refractivity contribution in [1.29, 1.82) is 0 Å². The van der Waals surface area contributed by atoms with Gasteiger partial charge in [-0.15, -0.1) is 18.4 Å². The Labute approximate surface area is 298 Å². The van der Waals surface area contributed by atoms with E-state index in [1.54, 1.807) is 5.57 Å². The van der Waals surface area contributed by atoms with Gasteiger partial charge in [-0.2, -0.15) is 0 Å². The van der Waals surface area contributed by atoms with E-state index >= 15 is 0 Å². The van der Waals surface area contributed by atoms with Crippen molar-refractivity contribution in [2.24, 2.45) is 52.3 Å². The maximum absolute atomic E-state index is 12.8. The second kappa shape index (κ2) is 19.2. The fraction of sp³-hybridized carbons (Fsp3) is 0.848. The van der Waals surface area contributed by atoms with Crippen LogP contribution < -0.4 is 0 Å². The minimum atomic E-state index is 0.0466. The third kappa shape index (κ3) is 10.1. The Balaban J connectivity index is 1.15. The van der Waals surface area contributed by atoms with E-state index in [1.165, 1.54) is 96.3 Å². The molecule has 2 heteroatoms. The largest absolute Gasteiger partial charge is 0.462 e. The summed E-state index contributed by atoms with van der Waals surface area (Å²) in [5.41, 5.74) is 2.49. The summed E-state index contributed by atoms with van der Waals surface area (Å²) in [4.78, 5) is 12.8. The van der Waals surface area contributed by atoms with Crippen LogP contribution >= 0.6 is 0 Å². The average Bonchev–Trinajstić information content (AvgIpc) is 3.42. The van der Waals surface area contributed by atoms with Gasteiger partial charge in [0.15, 0.2) is 0 Å². The van der Waals surface area contributed by atoms with Gasteiger partial charge in [0.2, 0.25) is 0 Å². The number of hydrogen-bond acceptors (Lipinski definition) is 2. The number of allylic oxidation sites excluding steroid dienone is 2. The molecule has 0 amide bonds. The molecular weight excluding hydrogens is 585 g/mol. The zero-order valence-corrected chi connectivity index (χ0v) is 32.6. The second-order valence-electron chi connectivity index (χ2n) is 17.8. The van der Waals surface area contributed by atoms with E-state index in [0.717, 1.165) is 86.4 Å². The van der Waals surface area contributed by atoms with Crippen molar-refractivity contribution in [1.82, 2.24) is 0 Å². The maximum Gasteiger partial charge on any atom is 0.306 e. The zero-order valence-electron chi connectivity index (χ0n) is 32.6. The van der Waals surface area contributed by atoms with Gasteiger partial charge in [0.1, 0.15) is 6.10 Å². The normalized spacial score (nSPS) is 32.2. The fourth-order valence-electron chi connectivity index (χ4n) is 11.5. The van der Waals surface area contributed by atoms with Crippen molar-refractivity contribution in [3.05, 3.63) is 24.3 Å². The molecule has 3 saturated carbocycles. The molecule has 9 unspecified atom stereocenters. The number of fused-ring (bicyclic) bond motifs is 5. The molecule has 0 N–H and O–H groups in total. The van der Waals surface area contributed by atoms with Crippen LogP contribution in [0.5, 0.6) is 0 Å². The van der Waals surface area contributed by atoms with E-state index in [-0.39, 0.29) is 12.1 Å². The van der Waals surface area contributed by atoms with Crippen molar-refractivity contribution in [2.75, 3.05) is 0 Å². The summed E-state index contributed by atoms with van der Waals surface area (Å²) in [6, 6.07) is 0. The molecule has 272 valence electrons. The lowest BCUT2D eigenvalue weighted by Gasteiger charge is -2.58. The molecule has 9 atom stereocenters. The molecule has 0 heterocycles. The first-order valence-corrected chi connectivity index (χ1v) is 21.1. The van der Waals surface area contributed by atoms with E-state index in [0.29, 0.717) is 17.3 Å². The van der Waals surface area contributed by atoms with Gasteiger partial charge in [-0.3, -0.25) is 4.79 Å². The Morgan fingerprint density at radius 1 is 0.917 bits per heavy atom. The van der Waals surface area contributed by atoms with Gasteiger partial charge in [-0.25, -0.2) is 0 Å². The third-order valence-electron chi connectivity index (χ3n) is 14.6. The molecule has 3 fully saturated rings. The molecule has 2 nitrogen and oxygen atoms in total. The summed E-state index contributed by atoms with van der Waals surface area (Å²) in [7, 11) is 0. The lowest BCUT2D eigenvalue weighted by Crippen LogP contribution is -2.51. The van der Waals surface area contributed by atoms with Crippen molar-refractivity contribution in [2.45, 2.75) is 195 Å². The van der Waals surface area contributed by atoms with Crippen molar-refractivity contribution in [3.8, 4) is 11.8 Å². The first-order valence-electron chi connectivity index (χ1n) is 21.1. The van der Waals surface area contributed by atoms with Crippen LogP contribution in [0.2, 0.25) is 0 Å². The first-order chi connectivity index (χ1) is 23.1. The molecule has 0 aromatic carbocycles. The molecule has 0 radical (unpaired) electrons.